The first kappa shape index (κ1) is 16.6. The van der Waals surface area contributed by atoms with E-state index in [1.54, 1.807) is 12.3 Å². The Morgan fingerprint density at radius 3 is 2.96 bits per heavy atom. The van der Waals surface area contributed by atoms with E-state index < -0.39 is 6.10 Å². The second-order valence-corrected chi connectivity index (χ2v) is 5.88. The summed E-state index contributed by atoms with van der Waals surface area (Å²) in [6.45, 7) is 2.13. The first-order chi connectivity index (χ1) is 11.8. The maximum Gasteiger partial charge on any atom is 0.249 e. The van der Waals surface area contributed by atoms with Gasteiger partial charge in [-0.15, -0.1) is 0 Å². The molecule has 0 spiro atoms. The molecular formula is C17H22N4O3. The van der Waals surface area contributed by atoms with Gasteiger partial charge in [-0.25, -0.2) is 0 Å². The van der Waals surface area contributed by atoms with Crippen LogP contribution in [0.4, 0.5) is 0 Å². The number of carbonyl (C=O) groups excluding carboxylic acids is 1. The van der Waals surface area contributed by atoms with E-state index in [4.69, 9.17) is 9.26 Å². The van der Waals surface area contributed by atoms with E-state index >= 15 is 0 Å². The van der Waals surface area contributed by atoms with Gasteiger partial charge in [0.05, 0.1) is 12.6 Å². The summed E-state index contributed by atoms with van der Waals surface area (Å²) < 4.78 is 11.1. The highest BCUT2D eigenvalue weighted by molar-refractivity contribution is 5.80. The quantitative estimate of drug-likeness (QED) is 0.839. The molecule has 0 aliphatic heterocycles. The molecule has 7 heteroatoms. The molecule has 1 aliphatic rings. The smallest absolute Gasteiger partial charge is 0.249 e. The van der Waals surface area contributed by atoms with Crippen LogP contribution in [-0.4, -0.2) is 33.2 Å². The summed E-state index contributed by atoms with van der Waals surface area (Å²) in [5, 5.41) is 6.69. The lowest BCUT2D eigenvalue weighted by Crippen LogP contribution is -2.37. The van der Waals surface area contributed by atoms with Crippen LogP contribution in [0.2, 0.25) is 0 Å². The number of nitrogens with zero attached hydrogens (tertiary/aromatic N) is 3. The van der Waals surface area contributed by atoms with Crippen molar-refractivity contribution in [1.82, 2.24) is 20.4 Å². The number of rotatable bonds is 7. The van der Waals surface area contributed by atoms with Crippen LogP contribution >= 0.6 is 0 Å². The van der Waals surface area contributed by atoms with E-state index in [2.05, 4.69) is 20.4 Å². The SMILES string of the molecule is CC[C@H](OC1CCCC1)C(=O)NCc1nc(-c2ccccn2)no1. The van der Waals surface area contributed by atoms with E-state index in [1.807, 2.05) is 19.1 Å². The van der Waals surface area contributed by atoms with Crippen molar-refractivity contribution in [3.8, 4) is 11.5 Å². The first-order valence-corrected chi connectivity index (χ1v) is 8.43. The number of hydrogen-bond donors (Lipinski definition) is 1. The van der Waals surface area contributed by atoms with Gasteiger partial charge in [-0.3, -0.25) is 9.78 Å². The molecule has 0 saturated heterocycles. The summed E-state index contributed by atoms with van der Waals surface area (Å²) in [7, 11) is 0. The maximum atomic E-state index is 12.3. The minimum absolute atomic E-state index is 0.137. The van der Waals surface area contributed by atoms with Crippen molar-refractivity contribution in [3.05, 3.63) is 30.3 Å². The van der Waals surface area contributed by atoms with Crippen molar-refractivity contribution in [2.45, 2.75) is 57.8 Å². The number of hydrogen-bond acceptors (Lipinski definition) is 6. The van der Waals surface area contributed by atoms with Gasteiger partial charge in [0.2, 0.25) is 17.6 Å². The fraction of sp³-hybridized carbons (Fsp3) is 0.529. The predicted octanol–water partition coefficient (Wildman–Crippen LogP) is 2.49. The zero-order valence-electron chi connectivity index (χ0n) is 13.8. The Hall–Kier alpha value is -2.28. The fourth-order valence-corrected chi connectivity index (χ4v) is 2.80. The second kappa shape index (κ2) is 8.01. The van der Waals surface area contributed by atoms with Gasteiger partial charge >= 0.3 is 0 Å². The van der Waals surface area contributed by atoms with Crippen LogP contribution in [0.1, 0.15) is 44.9 Å². The third kappa shape index (κ3) is 4.17. The fourth-order valence-electron chi connectivity index (χ4n) is 2.80. The van der Waals surface area contributed by atoms with Crippen LogP contribution in [-0.2, 0) is 16.1 Å². The predicted molar refractivity (Wildman–Crippen MR) is 86.8 cm³/mol. The molecule has 1 amide bonds. The Balaban J connectivity index is 1.53. The van der Waals surface area contributed by atoms with E-state index in [1.165, 1.54) is 12.8 Å². The van der Waals surface area contributed by atoms with Crippen molar-refractivity contribution in [2.75, 3.05) is 0 Å². The molecule has 0 radical (unpaired) electrons. The molecule has 1 atom stereocenters. The van der Waals surface area contributed by atoms with Crippen LogP contribution in [0.15, 0.2) is 28.9 Å². The minimum Gasteiger partial charge on any atom is -0.365 e. The zero-order valence-corrected chi connectivity index (χ0v) is 13.8. The largest absolute Gasteiger partial charge is 0.365 e. The highest BCUT2D eigenvalue weighted by atomic mass is 16.5. The second-order valence-electron chi connectivity index (χ2n) is 5.88. The maximum absolute atomic E-state index is 12.3. The molecule has 2 heterocycles. The van der Waals surface area contributed by atoms with Crippen molar-refractivity contribution >= 4 is 5.91 Å². The lowest BCUT2D eigenvalue weighted by atomic mass is 10.2. The summed E-state index contributed by atoms with van der Waals surface area (Å²) in [4.78, 5) is 20.7. The Morgan fingerprint density at radius 1 is 1.42 bits per heavy atom. The molecule has 2 aromatic heterocycles. The van der Waals surface area contributed by atoms with Gasteiger partial charge in [0.15, 0.2) is 0 Å². The molecular weight excluding hydrogens is 308 g/mol. The molecule has 24 heavy (non-hydrogen) atoms. The van der Waals surface area contributed by atoms with Crippen molar-refractivity contribution in [2.24, 2.45) is 0 Å². The van der Waals surface area contributed by atoms with Gasteiger partial charge in [-0.05, 0) is 31.4 Å². The summed E-state index contributed by atoms with van der Waals surface area (Å²) in [5.74, 6) is 0.621. The summed E-state index contributed by atoms with van der Waals surface area (Å²) in [6.07, 6.45) is 6.54. The number of aromatic nitrogens is 3. The topological polar surface area (TPSA) is 90.1 Å². The Labute approximate surface area is 140 Å². The molecule has 1 aliphatic carbocycles. The lowest BCUT2D eigenvalue weighted by Gasteiger charge is -2.19. The molecule has 1 saturated carbocycles. The monoisotopic (exact) mass is 330 g/mol. The number of pyridine rings is 1. The average molecular weight is 330 g/mol. The highest BCUT2D eigenvalue weighted by Crippen LogP contribution is 2.23. The van der Waals surface area contributed by atoms with Crippen molar-refractivity contribution in [3.63, 3.8) is 0 Å². The minimum atomic E-state index is -0.425. The summed E-state index contributed by atoms with van der Waals surface area (Å²) in [6, 6.07) is 5.47. The third-order valence-electron chi connectivity index (χ3n) is 4.10. The average Bonchev–Trinajstić information content (AvgIpc) is 3.30. The Bertz CT molecular complexity index is 653. The first-order valence-electron chi connectivity index (χ1n) is 8.43. The van der Waals surface area contributed by atoms with Crippen LogP contribution in [0.5, 0.6) is 0 Å². The van der Waals surface area contributed by atoms with E-state index in [-0.39, 0.29) is 18.6 Å². The normalized spacial score (nSPS) is 16.2. The Kier molecular flexibility index (Phi) is 5.53. The number of carbonyl (C=O) groups is 1. The van der Waals surface area contributed by atoms with Crippen LogP contribution in [0, 0.1) is 0 Å². The molecule has 1 fully saturated rings. The zero-order chi connectivity index (χ0) is 16.8. The van der Waals surface area contributed by atoms with E-state index in [0.29, 0.717) is 23.8 Å². The van der Waals surface area contributed by atoms with Crippen LogP contribution in [0.3, 0.4) is 0 Å². The Morgan fingerprint density at radius 2 is 2.25 bits per heavy atom. The number of amides is 1. The summed E-state index contributed by atoms with van der Waals surface area (Å²) in [5.41, 5.74) is 0.634. The summed E-state index contributed by atoms with van der Waals surface area (Å²) >= 11 is 0. The van der Waals surface area contributed by atoms with Crippen molar-refractivity contribution < 1.29 is 14.1 Å². The third-order valence-corrected chi connectivity index (χ3v) is 4.10. The molecule has 7 nitrogen and oxygen atoms in total. The number of nitrogens with one attached hydrogen (secondary N) is 1. The van der Waals surface area contributed by atoms with Crippen LogP contribution in [0.25, 0.3) is 11.5 Å². The highest BCUT2D eigenvalue weighted by Gasteiger charge is 2.24. The molecule has 2 aromatic rings. The van der Waals surface area contributed by atoms with Gasteiger partial charge in [0.1, 0.15) is 11.8 Å². The molecule has 0 unspecified atom stereocenters. The standard InChI is InChI=1S/C17H22N4O3/c1-2-14(23-12-7-3-4-8-12)17(22)19-11-15-20-16(21-24-15)13-9-5-6-10-18-13/h5-6,9-10,12,14H,2-4,7-8,11H2,1H3,(H,19,22)/t14-/m0/s1. The van der Waals surface area contributed by atoms with Gasteiger partial charge in [-0.2, -0.15) is 4.98 Å². The molecule has 128 valence electrons. The lowest BCUT2D eigenvalue weighted by molar-refractivity contribution is -0.137. The van der Waals surface area contributed by atoms with Gasteiger partial charge in [0.25, 0.3) is 0 Å². The van der Waals surface area contributed by atoms with Crippen LogP contribution < -0.4 is 5.32 Å². The van der Waals surface area contributed by atoms with E-state index in [0.717, 1.165) is 12.8 Å². The van der Waals surface area contributed by atoms with Gasteiger partial charge in [-0.1, -0.05) is 31.0 Å². The molecule has 1 N–H and O–H groups in total. The van der Waals surface area contributed by atoms with E-state index in [9.17, 15) is 4.79 Å². The molecule has 0 aromatic carbocycles. The molecule has 3 rings (SSSR count). The molecule has 0 bridgehead atoms. The number of ether oxygens (including phenoxy) is 1. The van der Waals surface area contributed by atoms with Crippen molar-refractivity contribution in [1.29, 1.82) is 0 Å². The van der Waals surface area contributed by atoms with Gasteiger partial charge < -0.3 is 14.6 Å². The van der Waals surface area contributed by atoms with Gasteiger partial charge in [0, 0.05) is 6.20 Å².